The molecule has 0 saturated carbocycles. The maximum atomic E-state index is 8.32. The first-order valence-electron chi connectivity index (χ1n) is 2.24. The highest BCUT2D eigenvalue weighted by molar-refractivity contribution is 7.95. The lowest BCUT2D eigenvalue weighted by Crippen LogP contribution is -2.04. The molecule has 0 rings (SSSR count). The Hall–Kier alpha value is -0.0200. The summed E-state index contributed by atoms with van der Waals surface area (Å²) in [6.45, 7) is 8.37. The van der Waals surface area contributed by atoms with E-state index in [9.17, 15) is 0 Å². The van der Waals surface area contributed by atoms with Crippen molar-refractivity contribution >= 4 is 18.8 Å². The third-order valence-corrected chi connectivity index (χ3v) is 0.822. The molecule has 0 saturated heterocycles. The van der Waals surface area contributed by atoms with Gasteiger partial charge >= 0.3 is 0 Å². The summed E-state index contributed by atoms with van der Waals surface area (Å²) >= 11 is 0.882. The molecule has 0 unspecified atom stereocenters. The molecule has 0 spiro atoms. The van der Waals surface area contributed by atoms with Crippen LogP contribution in [0.25, 0.3) is 0 Å². The van der Waals surface area contributed by atoms with Gasteiger partial charge in [-0.1, -0.05) is 0 Å². The van der Waals surface area contributed by atoms with Crippen molar-refractivity contribution in [2.75, 3.05) is 0 Å². The fourth-order valence-corrected chi connectivity index (χ4v) is 0. The Morgan fingerprint density at radius 3 is 1.50 bits per heavy atom. The highest BCUT2D eigenvalue weighted by Crippen LogP contribution is 2.17. The summed E-state index contributed by atoms with van der Waals surface area (Å²) in [6, 6.07) is 0. The molecule has 0 atom stereocenters. The van der Waals surface area contributed by atoms with E-state index in [2.05, 4.69) is 6.72 Å². The summed E-state index contributed by atoms with van der Waals surface area (Å²) in [5.74, 6) is 0. The van der Waals surface area contributed by atoms with Crippen LogP contribution in [0.15, 0.2) is 0 Å². The van der Waals surface area contributed by atoms with E-state index >= 15 is 0 Å². The molecule has 3 heteroatoms. The van der Waals surface area contributed by atoms with E-state index in [1.165, 1.54) is 0 Å². The SMILES string of the molecule is C=N.CC(C)(C)SO. The van der Waals surface area contributed by atoms with Gasteiger partial charge in [0.2, 0.25) is 0 Å². The van der Waals surface area contributed by atoms with Gasteiger partial charge < -0.3 is 9.96 Å². The smallest absolute Gasteiger partial charge is 0.0335 e. The second-order valence-corrected chi connectivity index (χ2v) is 3.61. The Morgan fingerprint density at radius 2 is 1.50 bits per heavy atom. The lowest BCUT2D eigenvalue weighted by atomic mass is 10.3. The summed E-state index contributed by atoms with van der Waals surface area (Å²) in [5.41, 5.74) is 0. The zero-order chi connectivity index (χ0) is 7.21. The highest BCUT2D eigenvalue weighted by atomic mass is 32.2. The van der Waals surface area contributed by atoms with Gasteiger partial charge in [0.15, 0.2) is 0 Å². The average molecular weight is 135 g/mol. The van der Waals surface area contributed by atoms with E-state index in [1.807, 2.05) is 20.8 Å². The standard InChI is InChI=1S/C4H10OS.CH3N/c1-4(2,3)6-5;1-2/h5H,1-3H3;2H,1H2. The van der Waals surface area contributed by atoms with Crippen molar-refractivity contribution in [3.63, 3.8) is 0 Å². The monoisotopic (exact) mass is 135 g/mol. The van der Waals surface area contributed by atoms with Crippen molar-refractivity contribution in [3.05, 3.63) is 0 Å². The fraction of sp³-hybridized carbons (Fsp3) is 0.800. The van der Waals surface area contributed by atoms with Gasteiger partial charge in [0, 0.05) is 4.75 Å². The summed E-state index contributed by atoms with van der Waals surface area (Å²) in [7, 11) is 0. The Morgan fingerprint density at radius 1 is 1.38 bits per heavy atom. The van der Waals surface area contributed by atoms with Gasteiger partial charge in [-0.25, -0.2) is 0 Å². The molecule has 0 aliphatic carbocycles. The van der Waals surface area contributed by atoms with Crippen molar-refractivity contribution in [1.29, 1.82) is 5.41 Å². The van der Waals surface area contributed by atoms with E-state index in [0.717, 1.165) is 12.0 Å². The van der Waals surface area contributed by atoms with Gasteiger partial charge in [0.25, 0.3) is 0 Å². The van der Waals surface area contributed by atoms with Crippen LogP contribution in [0.2, 0.25) is 0 Å². The molecular weight excluding hydrogens is 122 g/mol. The maximum Gasteiger partial charge on any atom is 0.0335 e. The average Bonchev–Trinajstić information content (AvgIpc) is 1.71. The van der Waals surface area contributed by atoms with E-state index in [1.54, 1.807) is 0 Å². The lowest BCUT2D eigenvalue weighted by molar-refractivity contribution is 0.624. The molecule has 0 radical (unpaired) electrons. The van der Waals surface area contributed by atoms with Crippen LogP contribution in [0.5, 0.6) is 0 Å². The Kier molecular flexibility index (Phi) is 6.96. The van der Waals surface area contributed by atoms with Crippen molar-refractivity contribution in [2.45, 2.75) is 25.5 Å². The van der Waals surface area contributed by atoms with E-state index in [-0.39, 0.29) is 4.75 Å². The zero-order valence-electron chi connectivity index (χ0n) is 5.56. The van der Waals surface area contributed by atoms with Crippen LogP contribution in [0.3, 0.4) is 0 Å². The predicted molar refractivity (Wildman–Crippen MR) is 39.8 cm³/mol. The normalized spacial score (nSPS) is 9.50. The minimum atomic E-state index is 0.0139. The van der Waals surface area contributed by atoms with Gasteiger partial charge in [-0.3, -0.25) is 0 Å². The molecule has 0 aromatic carbocycles. The van der Waals surface area contributed by atoms with Crippen molar-refractivity contribution in [3.8, 4) is 0 Å². The quantitative estimate of drug-likeness (QED) is 0.395. The Labute approximate surface area is 55.0 Å². The number of hydrogen-bond acceptors (Lipinski definition) is 3. The molecule has 0 aromatic heterocycles. The Bertz CT molecular complexity index is 50.9. The van der Waals surface area contributed by atoms with Gasteiger partial charge in [-0.2, -0.15) is 0 Å². The number of hydrogen-bond donors (Lipinski definition) is 2. The molecule has 0 amide bonds. The molecular formula is C5H13NOS. The first-order chi connectivity index (χ1) is 3.56. The molecule has 0 aliphatic rings. The van der Waals surface area contributed by atoms with E-state index < -0.39 is 0 Å². The van der Waals surface area contributed by atoms with Crippen molar-refractivity contribution < 1.29 is 4.55 Å². The fourth-order valence-electron chi connectivity index (χ4n) is 0. The Balaban J connectivity index is 0. The van der Waals surface area contributed by atoms with Crippen molar-refractivity contribution in [2.24, 2.45) is 0 Å². The summed E-state index contributed by atoms with van der Waals surface area (Å²) < 4.78 is 8.33. The van der Waals surface area contributed by atoms with Gasteiger partial charge in [0.1, 0.15) is 0 Å². The molecule has 0 bridgehead atoms. The summed E-state index contributed by atoms with van der Waals surface area (Å²) in [4.78, 5) is 0. The molecule has 0 fully saturated rings. The van der Waals surface area contributed by atoms with Crippen molar-refractivity contribution in [1.82, 2.24) is 0 Å². The largest absolute Gasteiger partial charge is 0.330 e. The molecule has 0 aromatic rings. The molecule has 8 heavy (non-hydrogen) atoms. The van der Waals surface area contributed by atoms with Crippen LogP contribution in [0, 0.1) is 5.41 Å². The highest BCUT2D eigenvalue weighted by Gasteiger charge is 2.06. The van der Waals surface area contributed by atoms with Crippen LogP contribution in [0.4, 0.5) is 0 Å². The minimum absolute atomic E-state index is 0.0139. The van der Waals surface area contributed by atoms with Gasteiger partial charge in [-0.15, -0.1) is 0 Å². The molecule has 0 heterocycles. The van der Waals surface area contributed by atoms with Crippen LogP contribution in [-0.2, 0) is 0 Å². The predicted octanol–water partition coefficient (Wildman–Crippen LogP) is 2.26. The van der Waals surface area contributed by atoms with Gasteiger partial charge in [-0.05, 0) is 39.5 Å². The second kappa shape index (κ2) is 5.12. The second-order valence-electron chi connectivity index (χ2n) is 2.20. The zero-order valence-corrected chi connectivity index (χ0v) is 6.38. The topological polar surface area (TPSA) is 44.1 Å². The molecule has 50 valence electrons. The minimum Gasteiger partial charge on any atom is -0.330 e. The lowest BCUT2D eigenvalue weighted by Gasteiger charge is -2.09. The van der Waals surface area contributed by atoms with Crippen LogP contribution in [-0.4, -0.2) is 16.0 Å². The van der Waals surface area contributed by atoms with Crippen LogP contribution in [0.1, 0.15) is 20.8 Å². The van der Waals surface area contributed by atoms with Crippen LogP contribution < -0.4 is 0 Å². The summed E-state index contributed by atoms with van der Waals surface area (Å²) in [6.07, 6.45) is 0. The number of rotatable bonds is 0. The number of nitrogens with one attached hydrogen (secondary N) is 1. The summed E-state index contributed by atoms with van der Waals surface area (Å²) in [5, 5.41) is 5.50. The van der Waals surface area contributed by atoms with Gasteiger partial charge in [0.05, 0.1) is 0 Å². The maximum absolute atomic E-state index is 8.32. The molecule has 2 N–H and O–H groups in total. The third-order valence-electron chi connectivity index (χ3n) is 0.274. The first kappa shape index (κ1) is 10.9. The van der Waals surface area contributed by atoms with E-state index in [4.69, 9.17) is 9.96 Å². The first-order valence-corrected chi connectivity index (χ1v) is 3.01. The molecule has 0 aliphatic heterocycles. The van der Waals surface area contributed by atoms with Crippen LogP contribution >= 0.6 is 12.0 Å². The van der Waals surface area contributed by atoms with E-state index in [0.29, 0.717) is 0 Å². The third kappa shape index (κ3) is 16.7. The molecule has 2 nitrogen and oxygen atoms in total.